The molecule has 0 spiro atoms. The van der Waals surface area contributed by atoms with Crippen molar-refractivity contribution in [3.05, 3.63) is 29.7 Å². The molecule has 54 valence electrons. The van der Waals surface area contributed by atoms with Gasteiger partial charge in [-0.05, 0) is 30.6 Å². The zero-order valence-electron chi connectivity index (χ0n) is 9.57. The Kier molecular flexibility index (Phi) is 1.09. The van der Waals surface area contributed by atoms with Gasteiger partial charge in [-0.2, -0.15) is 0 Å². The lowest BCUT2D eigenvalue weighted by molar-refractivity contribution is 0.969. The maximum absolute atomic E-state index is 7.55. The van der Waals surface area contributed by atoms with Crippen molar-refractivity contribution in [1.82, 2.24) is 0 Å². The molecule has 0 saturated heterocycles. The van der Waals surface area contributed by atoms with Crippen LogP contribution in [0.4, 0.5) is 5.69 Å². The van der Waals surface area contributed by atoms with Crippen LogP contribution in [-0.4, -0.2) is 6.54 Å². The van der Waals surface area contributed by atoms with Crippen LogP contribution in [0.3, 0.4) is 0 Å². The first-order valence-corrected chi connectivity index (χ1v) is 3.05. The van der Waals surface area contributed by atoms with Crippen LogP contribution in [-0.2, 0) is 6.42 Å². The number of hydrogen-bond acceptors (Lipinski definition) is 2. The summed E-state index contributed by atoms with van der Waals surface area (Å²) < 4.78 is 30.0. The fourth-order valence-corrected chi connectivity index (χ4v) is 0.617. The molecule has 0 saturated carbocycles. The molecule has 0 aromatic heterocycles. The summed E-state index contributed by atoms with van der Waals surface area (Å²) in [5.41, 5.74) is 10.9. The molecule has 1 aromatic rings. The summed E-state index contributed by atoms with van der Waals surface area (Å²) in [5.74, 6) is 0. The van der Waals surface area contributed by atoms with E-state index in [1.807, 2.05) is 0 Å². The van der Waals surface area contributed by atoms with E-state index in [1.165, 1.54) is 0 Å². The minimum atomic E-state index is -0.186. The summed E-state index contributed by atoms with van der Waals surface area (Å²) in [7, 11) is 0. The molecule has 0 atom stereocenters. The first-order valence-electron chi connectivity index (χ1n) is 5.05. The van der Waals surface area contributed by atoms with E-state index < -0.39 is 0 Å². The van der Waals surface area contributed by atoms with Gasteiger partial charge in [0.25, 0.3) is 0 Å². The highest BCUT2D eigenvalue weighted by atomic mass is 14.5. The average molecular weight is 140 g/mol. The van der Waals surface area contributed by atoms with Crippen molar-refractivity contribution in [3.63, 3.8) is 0 Å². The zero-order valence-corrected chi connectivity index (χ0v) is 5.57. The van der Waals surface area contributed by atoms with E-state index in [4.69, 9.17) is 17.0 Å². The number of benzene rings is 1. The smallest absolute Gasteiger partial charge is 0.0645 e. The molecule has 0 fully saturated rings. The number of rotatable bonds is 2. The lowest BCUT2D eigenvalue weighted by atomic mass is 10.1. The van der Waals surface area contributed by atoms with Crippen molar-refractivity contribution in [2.75, 3.05) is 12.3 Å². The Morgan fingerprint density at radius 1 is 1.30 bits per heavy atom. The molecule has 2 nitrogen and oxygen atoms in total. The van der Waals surface area contributed by atoms with Crippen LogP contribution in [0.1, 0.15) is 11.0 Å². The minimum absolute atomic E-state index is 0.0889. The van der Waals surface area contributed by atoms with E-state index in [2.05, 4.69) is 0 Å². The van der Waals surface area contributed by atoms with Crippen molar-refractivity contribution < 1.29 is 5.48 Å². The maximum Gasteiger partial charge on any atom is 0.0645 e. The van der Waals surface area contributed by atoms with Gasteiger partial charge < -0.3 is 11.5 Å². The molecule has 0 amide bonds. The van der Waals surface area contributed by atoms with Crippen molar-refractivity contribution >= 4 is 5.69 Å². The monoisotopic (exact) mass is 140 g/mol. The van der Waals surface area contributed by atoms with Gasteiger partial charge in [0, 0.05) is 5.69 Å². The predicted octanol–water partition coefficient (Wildman–Crippen LogP) is 0.770. The van der Waals surface area contributed by atoms with Crippen molar-refractivity contribution in [2.24, 2.45) is 5.73 Å². The normalized spacial score (nSPS) is 15.3. The van der Waals surface area contributed by atoms with Crippen molar-refractivity contribution in [3.8, 4) is 0 Å². The third-order valence-corrected chi connectivity index (χ3v) is 1.09. The molecule has 10 heavy (non-hydrogen) atoms. The predicted molar refractivity (Wildman–Crippen MR) is 43.6 cm³/mol. The van der Waals surface area contributed by atoms with E-state index in [9.17, 15) is 0 Å². The number of anilines is 1. The SMILES string of the molecule is [2H]c1c([2H])c(CCN)c([2H])c([2H])c1N. The Labute approximate surface area is 66.5 Å². The Balaban J connectivity index is 3.43. The third kappa shape index (κ3) is 1.74. The van der Waals surface area contributed by atoms with Gasteiger partial charge in [0.1, 0.15) is 0 Å². The van der Waals surface area contributed by atoms with E-state index in [0.29, 0.717) is 18.5 Å². The topological polar surface area (TPSA) is 52.0 Å². The van der Waals surface area contributed by atoms with E-state index in [0.717, 1.165) is 0 Å². The highest BCUT2D eigenvalue weighted by Gasteiger charge is 1.88. The summed E-state index contributed by atoms with van der Waals surface area (Å²) in [5, 5.41) is 0. The number of nitrogen functional groups attached to an aromatic ring is 1. The van der Waals surface area contributed by atoms with E-state index in [1.54, 1.807) is 0 Å². The highest BCUT2D eigenvalue weighted by molar-refractivity contribution is 5.39. The zero-order chi connectivity index (χ0) is 10.9. The Hall–Kier alpha value is -1.02. The summed E-state index contributed by atoms with van der Waals surface area (Å²) >= 11 is 0. The lowest BCUT2D eigenvalue weighted by Gasteiger charge is -1.97. The van der Waals surface area contributed by atoms with Gasteiger partial charge >= 0.3 is 0 Å². The molecule has 4 N–H and O–H groups in total. The second kappa shape index (κ2) is 3.22. The molecule has 0 unspecified atom stereocenters. The van der Waals surface area contributed by atoms with Crippen molar-refractivity contribution in [2.45, 2.75) is 6.42 Å². The highest BCUT2D eigenvalue weighted by Crippen LogP contribution is 2.04. The third-order valence-electron chi connectivity index (χ3n) is 1.09. The Morgan fingerprint density at radius 3 is 2.40 bits per heavy atom. The first-order chi connectivity index (χ1) is 6.50. The minimum Gasteiger partial charge on any atom is -0.399 e. The largest absolute Gasteiger partial charge is 0.399 e. The lowest BCUT2D eigenvalue weighted by Crippen LogP contribution is -2.02. The molecule has 1 aromatic carbocycles. The van der Waals surface area contributed by atoms with Crippen LogP contribution in [0.5, 0.6) is 0 Å². The van der Waals surface area contributed by atoms with Crippen LogP contribution in [0.25, 0.3) is 0 Å². The molecule has 0 aliphatic heterocycles. The molecule has 0 heterocycles. The number of hydrogen-bond donors (Lipinski definition) is 2. The maximum atomic E-state index is 7.55. The number of nitrogens with two attached hydrogens (primary N) is 2. The van der Waals surface area contributed by atoms with Gasteiger partial charge in [-0.1, -0.05) is 12.1 Å². The summed E-state index contributed by atoms with van der Waals surface area (Å²) in [6, 6.07) is -0.549. The van der Waals surface area contributed by atoms with E-state index in [-0.39, 0.29) is 29.9 Å². The standard InChI is InChI=1S/C8H12N2/c9-6-5-7-1-3-8(10)4-2-7/h1-4H,5-6,9-10H2/i1D,2D,3D,4D. The fourth-order valence-electron chi connectivity index (χ4n) is 0.617. The quantitative estimate of drug-likeness (QED) is 0.596. The van der Waals surface area contributed by atoms with Crippen LogP contribution >= 0.6 is 0 Å². The Bertz CT molecular complexity index is 336. The second-order valence-electron chi connectivity index (χ2n) is 1.93. The van der Waals surface area contributed by atoms with Gasteiger partial charge in [-0.15, -0.1) is 0 Å². The molecular weight excluding hydrogens is 124 g/mol. The van der Waals surface area contributed by atoms with Crippen LogP contribution < -0.4 is 11.5 Å². The fraction of sp³-hybridized carbons (Fsp3) is 0.250. The van der Waals surface area contributed by atoms with Gasteiger partial charge in [-0.25, -0.2) is 0 Å². The van der Waals surface area contributed by atoms with Gasteiger partial charge in [0.2, 0.25) is 0 Å². The van der Waals surface area contributed by atoms with Crippen LogP contribution in [0.2, 0.25) is 0 Å². The van der Waals surface area contributed by atoms with Gasteiger partial charge in [0.15, 0.2) is 0 Å². The average Bonchev–Trinajstić information content (AvgIpc) is 2.19. The molecule has 2 heteroatoms. The molecule has 0 aliphatic carbocycles. The molecule has 1 rings (SSSR count). The summed E-state index contributed by atoms with van der Waals surface area (Å²) in [6.45, 7) is 0.292. The van der Waals surface area contributed by atoms with Gasteiger partial charge in [-0.3, -0.25) is 0 Å². The van der Waals surface area contributed by atoms with E-state index >= 15 is 0 Å². The molecular formula is C8H12N2. The Morgan fingerprint density at radius 2 is 1.90 bits per heavy atom. The molecule has 0 bridgehead atoms. The van der Waals surface area contributed by atoms with Crippen molar-refractivity contribution in [1.29, 1.82) is 0 Å². The molecule has 0 radical (unpaired) electrons. The van der Waals surface area contributed by atoms with Crippen LogP contribution in [0.15, 0.2) is 24.2 Å². The first kappa shape index (κ1) is 3.39. The summed E-state index contributed by atoms with van der Waals surface area (Å²) in [4.78, 5) is 0. The van der Waals surface area contributed by atoms with Gasteiger partial charge in [0.05, 0.1) is 5.48 Å². The molecule has 0 aliphatic rings. The summed E-state index contributed by atoms with van der Waals surface area (Å²) in [6.07, 6.45) is 0.329. The van der Waals surface area contributed by atoms with Crippen LogP contribution in [0, 0.1) is 0 Å². The second-order valence-corrected chi connectivity index (χ2v) is 1.93.